The summed E-state index contributed by atoms with van der Waals surface area (Å²) in [5, 5.41) is 3.10. The SMILES string of the molecule is CC(NC(=O)CN1CCN(Cc2ccccc2)CC1)c1ccc(Br)cc1. The van der Waals surface area contributed by atoms with Crippen LogP contribution in [0.15, 0.2) is 59.1 Å². The molecule has 0 bridgehead atoms. The summed E-state index contributed by atoms with van der Waals surface area (Å²) in [6, 6.07) is 18.7. The summed E-state index contributed by atoms with van der Waals surface area (Å²) in [7, 11) is 0. The molecule has 1 heterocycles. The van der Waals surface area contributed by atoms with Crippen molar-refractivity contribution in [1.82, 2.24) is 15.1 Å². The highest BCUT2D eigenvalue weighted by Crippen LogP contribution is 2.16. The van der Waals surface area contributed by atoms with Crippen molar-refractivity contribution in [3.05, 3.63) is 70.2 Å². The Morgan fingerprint density at radius 1 is 1.00 bits per heavy atom. The van der Waals surface area contributed by atoms with Gasteiger partial charge in [-0.15, -0.1) is 0 Å². The highest BCUT2D eigenvalue weighted by Gasteiger charge is 2.19. The molecular weight excluding hydrogens is 390 g/mol. The van der Waals surface area contributed by atoms with Crippen LogP contribution in [0.2, 0.25) is 0 Å². The van der Waals surface area contributed by atoms with Crippen LogP contribution in [-0.4, -0.2) is 48.4 Å². The van der Waals surface area contributed by atoms with Crippen molar-refractivity contribution < 1.29 is 4.79 Å². The van der Waals surface area contributed by atoms with Gasteiger partial charge in [-0.3, -0.25) is 14.6 Å². The Labute approximate surface area is 164 Å². The molecule has 2 aromatic rings. The monoisotopic (exact) mass is 415 g/mol. The second kappa shape index (κ2) is 9.31. The van der Waals surface area contributed by atoms with E-state index >= 15 is 0 Å². The lowest BCUT2D eigenvalue weighted by atomic mass is 10.1. The first-order valence-electron chi connectivity index (χ1n) is 9.13. The maximum atomic E-state index is 12.4. The lowest BCUT2D eigenvalue weighted by Gasteiger charge is -2.34. The number of benzene rings is 2. The van der Waals surface area contributed by atoms with Crippen molar-refractivity contribution in [2.45, 2.75) is 19.5 Å². The first-order chi connectivity index (χ1) is 12.6. The summed E-state index contributed by atoms with van der Waals surface area (Å²) in [5.74, 6) is 0.0944. The Morgan fingerprint density at radius 2 is 1.62 bits per heavy atom. The quantitative estimate of drug-likeness (QED) is 0.784. The Bertz CT molecular complexity index is 697. The lowest BCUT2D eigenvalue weighted by molar-refractivity contribution is -0.123. The van der Waals surface area contributed by atoms with Gasteiger partial charge in [0.1, 0.15) is 0 Å². The second-order valence-corrected chi connectivity index (χ2v) is 7.79. The number of nitrogens with one attached hydrogen (secondary N) is 1. The largest absolute Gasteiger partial charge is 0.348 e. The van der Waals surface area contributed by atoms with Crippen LogP contribution in [0.25, 0.3) is 0 Å². The van der Waals surface area contributed by atoms with Crippen LogP contribution in [0.5, 0.6) is 0 Å². The smallest absolute Gasteiger partial charge is 0.234 e. The van der Waals surface area contributed by atoms with E-state index in [1.54, 1.807) is 0 Å². The maximum absolute atomic E-state index is 12.4. The standard InChI is InChI=1S/C21H26BrN3O/c1-17(19-7-9-20(22)10-8-19)23-21(26)16-25-13-11-24(12-14-25)15-18-5-3-2-4-6-18/h2-10,17H,11-16H2,1H3,(H,23,26). The fourth-order valence-electron chi connectivity index (χ4n) is 3.27. The maximum Gasteiger partial charge on any atom is 0.234 e. The third kappa shape index (κ3) is 5.66. The van der Waals surface area contributed by atoms with Crippen molar-refractivity contribution in [2.24, 2.45) is 0 Å². The van der Waals surface area contributed by atoms with Gasteiger partial charge in [0.15, 0.2) is 0 Å². The van der Waals surface area contributed by atoms with Gasteiger partial charge >= 0.3 is 0 Å². The number of carbonyl (C=O) groups is 1. The predicted octanol–water partition coefficient (Wildman–Crippen LogP) is 3.44. The Kier molecular flexibility index (Phi) is 6.83. The molecule has 1 N–H and O–H groups in total. The minimum atomic E-state index is 0.0231. The van der Waals surface area contributed by atoms with Crippen LogP contribution >= 0.6 is 15.9 Å². The summed E-state index contributed by atoms with van der Waals surface area (Å²) in [5.41, 5.74) is 2.47. The van der Waals surface area contributed by atoms with Crippen molar-refractivity contribution in [3.8, 4) is 0 Å². The minimum absolute atomic E-state index is 0.0231. The molecule has 1 unspecified atom stereocenters. The number of carbonyl (C=O) groups excluding carboxylic acids is 1. The van der Waals surface area contributed by atoms with Crippen molar-refractivity contribution >= 4 is 21.8 Å². The molecule has 1 aliphatic heterocycles. The molecule has 1 aliphatic rings. The number of amides is 1. The van der Waals surface area contributed by atoms with Gasteiger partial charge in [0.2, 0.25) is 5.91 Å². The molecule has 5 heteroatoms. The summed E-state index contributed by atoms with van der Waals surface area (Å²) >= 11 is 3.44. The molecule has 1 saturated heterocycles. The van der Waals surface area contributed by atoms with Crippen LogP contribution < -0.4 is 5.32 Å². The number of halogens is 1. The highest BCUT2D eigenvalue weighted by atomic mass is 79.9. The summed E-state index contributed by atoms with van der Waals surface area (Å²) in [6.07, 6.45) is 0. The normalized spacial score (nSPS) is 17.0. The van der Waals surface area contributed by atoms with Gasteiger partial charge < -0.3 is 5.32 Å². The molecule has 1 atom stereocenters. The van der Waals surface area contributed by atoms with Gasteiger partial charge in [0.05, 0.1) is 12.6 Å². The molecule has 0 aromatic heterocycles. The van der Waals surface area contributed by atoms with Crippen LogP contribution in [0.1, 0.15) is 24.1 Å². The van der Waals surface area contributed by atoms with Gasteiger partial charge in [0, 0.05) is 37.2 Å². The van der Waals surface area contributed by atoms with E-state index in [4.69, 9.17) is 0 Å². The first-order valence-corrected chi connectivity index (χ1v) is 9.93. The molecule has 0 saturated carbocycles. The molecule has 1 amide bonds. The van der Waals surface area contributed by atoms with Crippen molar-refractivity contribution in [1.29, 1.82) is 0 Å². The van der Waals surface area contributed by atoms with Gasteiger partial charge in [-0.25, -0.2) is 0 Å². The van der Waals surface area contributed by atoms with Crippen molar-refractivity contribution in [2.75, 3.05) is 32.7 Å². The fourth-order valence-corrected chi connectivity index (χ4v) is 3.54. The molecular formula is C21H26BrN3O. The van der Waals surface area contributed by atoms with E-state index in [1.807, 2.05) is 31.2 Å². The minimum Gasteiger partial charge on any atom is -0.348 e. The molecule has 138 valence electrons. The Morgan fingerprint density at radius 3 is 2.27 bits per heavy atom. The van der Waals surface area contributed by atoms with Crippen molar-refractivity contribution in [3.63, 3.8) is 0 Å². The van der Waals surface area contributed by atoms with E-state index < -0.39 is 0 Å². The van der Waals surface area contributed by atoms with Crippen LogP contribution in [0, 0.1) is 0 Å². The Balaban J connectivity index is 1.41. The van der Waals surface area contributed by atoms with Gasteiger partial charge in [-0.1, -0.05) is 58.4 Å². The van der Waals surface area contributed by atoms with E-state index in [0.717, 1.165) is 42.8 Å². The average Bonchev–Trinajstić information content (AvgIpc) is 2.64. The number of nitrogens with zero attached hydrogens (tertiary/aromatic N) is 2. The van der Waals surface area contributed by atoms with E-state index in [-0.39, 0.29) is 11.9 Å². The molecule has 0 radical (unpaired) electrons. The summed E-state index contributed by atoms with van der Waals surface area (Å²) in [6.45, 7) is 7.37. The molecule has 1 fully saturated rings. The zero-order chi connectivity index (χ0) is 18.4. The van der Waals surface area contributed by atoms with Crippen LogP contribution in [-0.2, 0) is 11.3 Å². The summed E-state index contributed by atoms with van der Waals surface area (Å²) < 4.78 is 1.05. The second-order valence-electron chi connectivity index (χ2n) is 6.88. The summed E-state index contributed by atoms with van der Waals surface area (Å²) in [4.78, 5) is 17.1. The molecule has 2 aromatic carbocycles. The lowest BCUT2D eigenvalue weighted by Crippen LogP contribution is -2.49. The fraction of sp³-hybridized carbons (Fsp3) is 0.381. The van der Waals surface area contributed by atoms with Gasteiger partial charge in [-0.2, -0.15) is 0 Å². The van der Waals surface area contributed by atoms with E-state index in [2.05, 4.69) is 61.4 Å². The average molecular weight is 416 g/mol. The Hall–Kier alpha value is -1.69. The van der Waals surface area contributed by atoms with Crippen LogP contribution in [0.3, 0.4) is 0 Å². The molecule has 0 spiro atoms. The number of hydrogen-bond acceptors (Lipinski definition) is 3. The van der Waals surface area contributed by atoms with E-state index in [0.29, 0.717) is 6.54 Å². The zero-order valence-corrected chi connectivity index (χ0v) is 16.8. The number of rotatable bonds is 6. The predicted molar refractivity (Wildman–Crippen MR) is 109 cm³/mol. The molecule has 0 aliphatic carbocycles. The third-order valence-electron chi connectivity index (χ3n) is 4.83. The first kappa shape index (κ1) is 19.1. The van der Waals surface area contributed by atoms with E-state index in [1.165, 1.54) is 5.56 Å². The van der Waals surface area contributed by atoms with Crippen LogP contribution in [0.4, 0.5) is 0 Å². The molecule has 26 heavy (non-hydrogen) atoms. The number of piperazine rings is 1. The zero-order valence-electron chi connectivity index (χ0n) is 15.2. The van der Waals surface area contributed by atoms with Gasteiger partial charge in [-0.05, 0) is 30.2 Å². The highest BCUT2D eigenvalue weighted by molar-refractivity contribution is 9.10. The molecule has 4 nitrogen and oxygen atoms in total. The molecule has 3 rings (SSSR count). The topological polar surface area (TPSA) is 35.6 Å². The number of hydrogen-bond donors (Lipinski definition) is 1. The van der Waals surface area contributed by atoms with Gasteiger partial charge in [0.25, 0.3) is 0 Å². The third-order valence-corrected chi connectivity index (χ3v) is 5.36. The van der Waals surface area contributed by atoms with E-state index in [9.17, 15) is 4.79 Å².